The average molecular weight is 479 g/mol. The average Bonchev–Trinajstić information content (AvgIpc) is 2.88. The van der Waals surface area contributed by atoms with Crippen LogP contribution in [0.1, 0.15) is 88.7 Å². The Labute approximate surface area is 208 Å². The third kappa shape index (κ3) is 6.00. The van der Waals surface area contributed by atoms with Gasteiger partial charge in [0.1, 0.15) is 5.82 Å². The summed E-state index contributed by atoms with van der Waals surface area (Å²) < 4.78 is 44.1. The molecule has 0 unspecified atom stereocenters. The monoisotopic (exact) mass is 478 g/mol. The maximum absolute atomic E-state index is 15.0. The molecule has 1 saturated carbocycles. The molecule has 35 heavy (non-hydrogen) atoms. The predicted molar refractivity (Wildman–Crippen MR) is 140 cm³/mol. The van der Waals surface area contributed by atoms with Gasteiger partial charge in [-0.25, -0.2) is 13.2 Å². The number of hydrogen-bond donors (Lipinski definition) is 0. The quantitative estimate of drug-likeness (QED) is 0.268. The fourth-order valence-corrected chi connectivity index (χ4v) is 5.59. The maximum Gasteiger partial charge on any atom is 0.167 e. The van der Waals surface area contributed by atoms with Gasteiger partial charge < -0.3 is 0 Å². The Bertz CT molecular complexity index is 1110. The van der Waals surface area contributed by atoms with Crippen LogP contribution in [0, 0.1) is 23.4 Å². The summed E-state index contributed by atoms with van der Waals surface area (Å²) >= 11 is 0. The van der Waals surface area contributed by atoms with Crippen LogP contribution in [-0.4, -0.2) is 0 Å². The number of unbranched alkanes of at least 4 members (excludes halogenated alkanes) is 2. The molecule has 3 heteroatoms. The minimum Gasteiger partial charge on any atom is -0.206 e. The van der Waals surface area contributed by atoms with E-state index in [1.165, 1.54) is 69.1 Å². The van der Waals surface area contributed by atoms with Crippen LogP contribution in [0.5, 0.6) is 0 Å². The molecule has 0 spiro atoms. The molecular weight excluding hydrogens is 441 g/mol. The van der Waals surface area contributed by atoms with Gasteiger partial charge in [-0.15, -0.1) is 0 Å². The molecule has 1 aliphatic carbocycles. The topological polar surface area (TPSA) is 0 Å². The van der Waals surface area contributed by atoms with Crippen LogP contribution in [0.3, 0.4) is 0 Å². The Hall–Kier alpha value is -2.55. The van der Waals surface area contributed by atoms with Gasteiger partial charge in [0.25, 0.3) is 0 Å². The zero-order valence-corrected chi connectivity index (χ0v) is 21.1. The summed E-state index contributed by atoms with van der Waals surface area (Å²) in [5, 5.41) is 0. The molecule has 0 nitrogen and oxygen atoms in total. The Kier molecular flexibility index (Phi) is 8.70. The van der Waals surface area contributed by atoms with Crippen molar-refractivity contribution in [1.29, 1.82) is 0 Å². The van der Waals surface area contributed by atoms with Gasteiger partial charge in [0, 0.05) is 11.1 Å². The first-order chi connectivity index (χ1) is 17.0. The molecule has 0 saturated heterocycles. The Morgan fingerprint density at radius 3 is 2.03 bits per heavy atom. The standard InChI is InChI=1S/C32H37F3/c1-3-5-6-8-22-9-11-23(12-10-22)24-13-15-25(16-14-24)27-18-19-28(30(33)21-27)29-20-17-26(7-4-2)31(34)32(29)35/h13-23H,3-12H2,1-2H3. The van der Waals surface area contributed by atoms with Gasteiger partial charge in [0.05, 0.1) is 0 Å². The largest absolute Gasteiger partial charge is 0.206 e. The Morgan fingerprint density at radius 1 is 0.686 bits per heavy atom. The van der Waals surface area contributed by atoms with E-state index in [0.717, 1.165) is 23.5 Å². The summed E-state index contributed by atoms with van der Waals surface area (Å²) in [4.78, 5) is 0. The van der Waals surface area contributed by atoms with Crippen LogP contribution >= 0.6 is 0 Å². The van der Waals surface area contributed by atoms with Gasteiger partial charge in [-0.1, -0.05) is 94.5 Å². The third-order valence-corrected chi connectivity index (χ3v) is 7.72. The minimum absolute atomic E-state index is 0.0351. The van der Waals surface area contributed by atoms with Gasteiger partial charge in [0.15, 0.2) is 11.6 Å². The molecule has 0 amide bonds. The number of benzene rings is 3. The minimum atomic E-state index is -0.980. The summed E-state index contributed by atoms with van der Waals surface area (Å²) in [5.74, 6) is -0.904. The molecule has 0 atom stereocenters. The summed E-state index contributed by atoms with van der Waals surface area (Å²) in [6.07, 6.45) is 11.7. The van der Waals surface area contributed by atoms with Crippen LogP contribution < -0.4 is 0 Å². The lowest BCUT2D eigenvalue weighted by atomic mass is 9.77. The highest BCUT2D eigenvalue weighted by Gasteiger charge is 2.22. The van der Waals surface area contributed by atoms with Crippen molar-refractivity contribution in [3.63, 3.8) is 0 Å². The highest BCUT2D eigenvalue weighted by molar-refractivity contribution is 5.71. The highest BCUT2D eigenvalue weighted by atomic mass is 19.2. The fourth-order valence-electron chi connectivity index (χ4n) is 5.59. The smallest absolute Gasteiger partial charge is 0.167 e. The first-order valence-corrected chi connectivity index (χ1v) is 13.4. The first-order valence-electron chi connectivity index (χ1n) is 13.4. The summed E-state index contributed by atoms with van der Waals surface area (Å²) in [5.41, 5.74) is 3.41. The van der Waals surface area contributed by atoms with E-state index in [9.17, 15) is 8.78 Å². The van der Waals surface area contributed by atoms with E-state index in [0.29, 0.717) is 17.9 Å². The third-order valence-electron chi connectivity index (χ3n) is 7.72. The molecule has 1 fully saturated rings. The molecule has 1 aliphatic rings. The van der Waals surface area contributed by atoms with E-state index in [4.69, 9.17) is 0 Å². The maximum atomic E-state index is 15.0. The van der Waals surface area contributed by atoms with E-state index in [-0.39, 0.29) is 11.1 Å². The number of halogens is 3. The van der Waals surface area contributed by atoms with E-state index in [1.807, 2.05) is 6.92 Å². The molecule has 0 aliphatic heterocycles. The van der Waals surface area contributed by atoms with Gasteiger partial charge in [0.2, 0.25) is 0 Å². The van der Waals surface area contributed by atoms with Crippen LogP contribution in [-0.2, 0) is 6.42 Å². The van der Waals surface area contributed by atoms with Gasteiger partial charge in [-0.2, -0.15) is 0 Å². The van der Waals surface area contributed by atoms with Gasteiger partial charge in [-0.05, 0) is 72.3 Å². The van der Waals surface area contributed by atoms with Crippen molar-refractivity contribution >= 4 is 0 Å². The lowest BCUT2D eigenvalue weighted by Gasteiger charge is -2.29. The second kappa shape index (κ2) is 11.9. The molecule has 0 bridgehead atoms. The zero-order valence-electron chi connectivity index (χ0n) is 21.1. The van der Waals surface area contributed by atoms with Crippen molar-refractivity contribution in [3.8, 4) is 22.3 Å². The summed E-state index contributed by atoms with van der Waals surface area (Å²) in [6, 6.07) is 16.2. The molecular formula is C32H37F3. The second-order valence-corrected chi connectivity index (χ2v) is 10.2. The molecule has 3 aromatic carbocycles. The fraction of sp³-hybridized carbons (Fsp3) is 0.438. The van der Waals surface area contributed by atoms with Crippen molar-refractivity contribution in [1.82, 2.24) is 0 Å². The number of hydrogen-bond acceptors (Lipinski definition) is 0. The van der Waals surface area contributed by atoms with Gasteiger partial charge in [-0.3, -0.25) is 0 Å². The van der Waals surface area contributed by atoms with E-state index in [1.54, 1.807) is 18.2 Å². The summed E-state index contributed by atoms with van der Waals surface area (Å²) in [6.45, 7) is 4.17. The Balaban J connectivity index is 1.45. The van der Waals surface area contributed by atoms with E-state index in [2.05, 4.69) is 31.2 Å². The van der Waals surface area contributed by atoms with Crippen molar-refractivity contribution in [2.45, 2.75) is 84.0 Å². The molecule has 186 valence electrons. The highest BCUT2D eigenvalue weighted by Crippen LogP contribution is 2.38. The zero-order chi connectivity index (χ0) is 24.8. The van der Waals surface area contributed by atoms with Crippen LogP contribution in [0.2, 0.25) is 0 Å². The molecule has 0 aromatic heterocycles. The van der Waals surface area contributed by atoms with Crippen molar-refractivity contribution < 1.29 is 13.2 Å². The number of aryl methyl sites for hydroxylation is 1. The molecule has 0 radical (unpaired) electrons. The summed E-state index contributed by atoms with van der Waals surface area (Å²) in [7, 11) is 0. The van der Waals surface area contributed by atoms with Crippen molar-refractivity contribution in [3.05, 3.63) is 83.2 Å². The van der Waals surface area contributed by atoms with Gasteiger partial charge >= 0.3 is 0 Å². The predicted octanol–water partition coefficient (Wildman–Crippen LogP) is 10.2. The normalized spacial score (nSPS) is 18.1. The molecule has 4 rings (SSSR count). The van der Waals surface area contributed by atoms with Crippen molar-refractivity contribution in [2.75, 3.05) is 0 Å². The Morgan fingerprint density at radius 2 is 1.37 bits per heavy atom. The SMILES string of the molecule is CCCCCC1CCC(c2ccc(-c3ccc(-c4ccc(CCC)c(F)c4F)c(F)c3)cc2)CC1. The van der Waals surface area contributed by atoms with Crippen LogP contribution in [0.15, 0.2) is 54.6 Å². The van der Waals surface area contributed by atoms with Crippen molar-refractivity contribution in [2.24, 2.45) is 5.92 Å². The second-order valence-electron chi connectivity index (χ2n) is 10.2. The number of rotatable bonds is 9. The molecule has 0 heterocycles. The lowest BCUT2D eigenvalue weighted by Crippen LogP contribution is -2.13. The lowest BCUT2D eigenvalue weighted by molar-refractivity contribution is 0.303. The molecule has 3 aromatic rings. The molecule has 0 N–H and O–H groups in total. The van der Waals surface area contributed by atoms with E-state index < -0.39 is 17.5 Å². The van der Waals surface area contributed by atoms with E-state index >= 15 is 4.39 Å². The first kappa shape index (κ1) is 25.5. The van der Waals surface area contributed by atoms with Crippen LogP contribution in [0.25, 0.3) is 22.3 Å². The van der Waals surface area contributed by atoms with Crippen LogP contribution in [0.4, 0.5) is 13.2 Å².